The number of hydrogen-bond acceptors (Lipinski definition) is 4. The Labute approximate surface area is 107 Å². The molecule has 1 atom stereocenters. The summed E-state index contributed by atoms with van der Waals surface area (Å²) in [7, 11) is -3.65. The molecule has 0 aliphatic rings. The normalized spacial score (nSPS) is 13.0. The molecule has 18 heavy (non-hydrogen) atoms. The largest absolute Gasteiger partial charge is 0.458 e. The summed E-state index contributed by atoms with van der Waals surface area (Å²) in [6, 6.07) is 8.44. The average Bonchev–Trinajstić information content (AvgIpc) is 2.28. The highest BCUT2D eigenvalue weighted by Gasteiger charge is 2.20. The number of esters is 1. The lowest BCUT2D eigenvalue weighted by Crippen LogP contribution is -2.30. The number of carbonyl (C=O) groups is 1. The molecular weight excluding hydrogens is 254 g/mol. The van der Waals surface area contributed by atoms with Gasteiger partial charge in [-0.1, -0.05) is 31.5 Å². The fourth-order valence-corrected chi connectivity index (χ4v) is 2.30. The predicted octanol–water partition coefficient (Wildman–Crippen LogP) is 1.30. The summed E-state index contributed by atoms with van der Waals surface area (Å²) in [4.78, 5) is 11.8. The van der Waals surface area contributed by atoms with Crippen LogP contribution in [0.2, 0.25) is 0 Å². The van der Waals surface area contributed by atoms with Gasteiger partial charge in [0.25, 0.3) is 0 Å². The second-order valence-corrected chi connectivity index (χ2v) is 5.67. The highest BCUT2D eigenvalue weighted by atomic mass is 32.2. The van der Waals surface area contributed by atoms with Crippen molar-refractivity contribution in [3.63, 3.8) is 0 Å². The zero-order valence-electron chi connectivity index (χ0n) is 10.2. The van der Waals surface area contributed by atoms with Crippen LogP contribution in [0, 0.1) is 0 Å². The lowest BCUT2D eigenvalue weighted by atomic mass is 10.2. The van der Waals surface area contributed by atoms with Gasteiger partial charge in [-0.25, -0.2) is 18.4 Å². The van der Waals surface area contributed by atoms with Gasteiger partial charge in [-0.15, -0.1) is 0 Å². The van der Waals surface area contributed by atoms with E-state index in [1.165, 1.54) is 0 Å². The van der Waals surface area contributed by atoms with Crippen LogP contribution in [0.5, 0.6) is 0 Å². The molecule has 0 spiro atoms. The zero-order chi connectivity index (χ0) is 13.6. The molecule has 2 N–H and O–H groups in total. The summed E-state index contributed by atoms with van der Waals surface area (Å²) < 4.78 is 27.2. The predicted molar refractivity (Wildman–Crippen MR) is 68.5 cm³/mol. The maximum Gasteiger partial charge on any atom is 0.338 e. The molecule has 1 aromatic rings. The van der Waals surface area contributed by atoms with Gasteiger partial charge in [0.05, 0.1) is 5.56 Å². The van der Waals surface area contributed by atoms with E-state index in [9.17, 15) is 13.2 Å². The first-order chi connectivity index (χ1) is 8.42. The van der Waals surface area contributed by atoms with Gasteiger partial charge in [-0.05, 0) is 18.6 Å². The minimum atomic E-state index is -3.65. The Kier molecular flexibility index (Phi) is 5.30. The van der Waals surface area contributed by atoms with Gasteiger partial charge < -0.3 is 4.74 Å². The summed E-state index contributed by atoms with van der Waals surface area (Å²) >= 11 is 0. The Hall–Kier alpha value is -1.40. The number of primary sulfonamides is 1. The standard InChI is InChI=1S/C12H17NO4S/c1-2-6-11(9-18(13,15)16)17-12(14)10-7-4-3-5-8-10/h3-5,7-8,11H,2,6,9H2,1H3,(H2,13,15,16). The molecule has 0 radical (unpaired) electrons. The third kappa shape index (κ3) is 5.29. The first kappa shape index (κ1) is 14.7. The molecule has 0 heterocycles. The second kappa shape index (κ2) is 6.51. The molecule has 100 valence electrons. The van der Waals surface area contributed by atoms with Crippen LogP contribution in [0.15, 0.2) is 30.3 Å². The van der Waals surface area contributed by atoms with Crippen LogP contribution in [0.1, 0.15) is 30.1 Å². The SMILES string of the molecule is CCCC(CS(N)(=O)=O)OC(=O)c1ccccc1. The summed E-state index contributed by atoms with van der Waals surface area (Å²) in [5.41, 5.74) is 0.396. The molecule has 5 nitrogen and oxygen atoms in total. The van der Waals surface area contributed by atoms with Crippen LogP contribution in [-0.2, 0) is 14.8 Å². The Bertz CT molecular complexity index is 484. The Balaban J connectivity index is 2.69. The number of benzene rings is 1. The van der Waals surface area contributed by atoms with Crippen LogP contribution in [-0.4, -0.2) is 26.2 Å². The molecule has 0 aromatic heterocycles. The lowest BCUT2D eigenvalue weighted by Gasteiger charge is -2.16. The first-order valence-corrected chi connectivity index (χ1v) is 7.40. The molecular formula is C12H17NO4S. The van der Waals surface area contributed by atoms with Crippen molar-refractivity contribution in [1.82, 2.24) is 0 Å². The van der Waals surface area contributed by atoms with Gasteiger partial charge in [0.2, 0.25) is 10.0 Å². The van der Waals surface area contributed by atoms with Gasteiger partial charge in [0.15, 0.2) is 0 Å². The average molecular weight is 271 g/mol. The summed E-state index contributed by atoms with van der Waals surface area (Å²) in [6.45, 7) is 1.88. The zero-order valence-corrected chi connectivity index (χ0v) is 11.0. The molecule has 0 saturated carbocycles. The quantitative estimate of drug-likeness (QED) is 0.790. The number of hydrogen-bond donors (Lipinski definition) is 1. The monoisotopic (exact) mass is 271 g/mol. The number of sulfonamides is 1. The van der Waals surface area contributed by atoms with Crippen molar-refractivity contribution < 1.29 is 17.9 Å². The molecule has 0 aliphatic carbocycles. The van der Waals surface area contributed by atoms with E-state index in [0.29, 0.717) is 18.4 Å². The molecule has 0 fully saturated rings. The first-order valence-electron chi connectivity index (χ1n) is 5.69. The Morgan fingerprint density at radius 2 is 1.94 bits per heavy atom. The fraction of sp³-hybridized carbons (Fsp3) is 0.417. The molecule has 0 bridgehead atoms. The van der Waals surface area contributed by atoms with Gasteiger partial charge in [0.1, 0.15) is 11.9 Å². The van der Waals surface area contributed by atoms with Gasteiger partial charge in [0, 0.05) is 0 Å². The third-order valence-corrected chi connectivity index (χ3v) is 3.15. The van der Waals surface area contributed by atoms with Crippen LogP contribution < -0.4 is 5.14 Å². The maximum absolute atomic E-state index is 11.8. The lowest BCUT2D eigenvalue weighted by molar-refractivity contribution is 0.0330. The molecule has 0 amide bonds. The summed E-state index contributed by atoms with van der Waals surface area (Å²) in [5, 5.41) is 4.96. The minimum absolute atomic E-state index is 0.348. The topological polar surface area (TPSA) is 86.5 Å². The molecule has 6 heteroatoms. The van der Waals surface area contributed by atoms with Crippen molar-refractivity contribution in [3.8, 4) is 0 Å². The Morgan fingerprint density at radius 3 is 2.44 bits per heavy atom. The van der Waals surface area contributed by atoms with Crippen molar-refractivity contribution in [2.45, 2.75) is 25.9 Å². The van der Waals surface area contributed by atoms with E-state index in [1.54, 1.807) is 30.3 Å². The van der Waals surface area contributed by atoms with Crippen LogP contribution in [0.4, 0.5) is 0 Å². The molecule has 1 aromatic carbocycles. The smallest absolute Gasteiger partial charge is 0.338 e. The van der Waals surface area contributed by atoms with E-state index in [1.807, 2.05) is 6.92 Å². The number of rotatable bonds is 6. The van der Waals surface area contributed by atoms with Crippen LogP contribution in [0.25, 0.3) is 0 Å². The van der Waals surface area contributed by atoms with Gasteiger partial charge in [-0.3, -0.25) is 0 Å². The number of carbonyl (C=O) groups excluding carboxylic acids is 1. The molecule has 1 unspecified atom stereocenters. The van der Waals surface area contributed by atoms with Crippen LogP contribution >= 0.6 is 0 Å². The fourth-order valence-electron chi connectivity index (χ4n) is 1.55. The van der Waals surface area contributed by atoms with E-state index < -0.39 is 22.1 Å². The third-order valence-electron chi connectivity index (χ3n) is 2.31. The van der Waals surface area contributed by atoms with E-state index in [0.717, 1.165) is 0 Å². The van der Waals surface area contributed by atoms with Crippen molar-refractivity contribution in [2.24, 2.45) is 5.14 Å². The van der Waals surface area contributed by atoms with E-state index in [4.69, 9.17) is 9.88 Å². The van der Waals surface area contributed by atoms with Crippen molar-refractivity contribution >= 4 is 16.0 Å². The van der Waals surface area contributed by atoms with E-state index in [2.05, 4.69) is 0 Å². The number of nitrogens with two attached hydrogens (primary N) is 1. The van der Waals surface area contributed by atoms with Crippen molar-refractivity contribution in [2.75, 3.05) is 5.75 Å². The summed E-state index contributed by atoms with van der Waals surface area (Å²) in [6.07, 6.45) is 0.481. The summed E-state index contributed by atoms with van der Waals surface area (Å²) in [5.74, 6) is -0.878. The molecule has 1 rings (SSSR count). The highest BCUT2D eigenvalue weighted by molar-refractivity contribution is 7.89. The van der Waals surface area contributed by atoms with Gasteiger partial charge in [-0.2, -0.15) is 0 Å². The van der Waals surface area contributed by atoms with Gasteiger partial charge >= 0.3 is 5.97 Å². The van der Waals surface area contributed by atoms with Crippen molar-refractivity contribution in [3.05, 3.63) is 35.9 Å². The van der Waals surface area contributed by atoms with Crippen molar-refractivity contribution in [1.29, 1.82) is 0 Å². The Morgan fingerprint density at radius 1 is 1.33 bits per heavy atom. The molecule has 0 aliphatic heterocycles. The highest BCUT2D eigenvalue weighted by Crippen LogP contribution is 2.09. The number of ether oxygens (including phenoxy) is 1. The molecule has 0 saturated heterocycles. The van der Waals surface area contributed by atoms with E-state index >= 15 is 0 Å². The van der Waals surface area contributed by atoms with E-state index in [-0.39, 0.29) is 5.75 Å². The minimum Gasteiger partial charge on any atom is -0.458 e. The maximum atomic E-state index is 11.8. The second-order valence-electron chi connectivity index (χ2n) is 4.01. The van der Waals surface area contributed by atoms with Crippen LogP contribution in [0.3, 0.4) is 0 Å².